The molecule has 6 heteroatoms. The van der Waals surface area contributed by atoms with Gasteiger partial charge in [0.2, 0.25) is 5.91 Å². The van der Waals surface area contributed by atoms with Gasteiger partial charge in [-0.2, -0.15) is 0 Å². The number of benzene rings is 2. The molecule has 2 aromatic rings. The highest BCUT2D eigenvalue weighted by atomic mass is 16.5. The first kappa shape index (κ1) is 18.6. The fraction of sp³-hybridized carbons (Fsp3) is 0.286. The SMILES string of the molecule is COC(=O)c1ccc(CCNC(=O)c2ccc3c(c2)CCN3C(C)=O)cc1. The van der Waals surface area contributed by atoms with Gasteiger partial charge >= 0.3 is 5.97 Å². The lowest BCUT2D eigenvalue weighted by Crippen LogP contribution is -2.26. The van der Waals surface area contributed by atoms with Crippen LogP contribution in [0.4, 0.5) is 5.69 Å². The van der Waals surface area contributed by atoms with Crippen LogP contribution in [0.5, 0.6) is 0 Å². The average Bonchev–Trinajstić information content (AvgIpc) is 3.11. The van der Waals surface area contributed by atoms with Gasteiger partial charge in [-0.3, -0.25) is 9.59 Å². The molecule has 0 saturated heterocycles. The number of hydrogen-bond donors (Lipinski definition) is 1. The van der Waals surface area contributed by atoms with Gasteiger partial charge in [-0.05, 0) is 54.3 Å². The van der Waals surface area contributed by atoms with Crippen LogP contribution in [0.3, 0.4) is 0 Å². The molecule has 0 atom stereocenters. The predicted octanol–water partition coefficient (Wildman–Crippen LogP) is 2.35. The zero-order valence-corrected chi connectivity index (χ0v) is 15.5. The molecule has 0 saturated carbocycles. The highest BCUT2D eigenvalue weighted by Gasteiger charge is 2.23. The van der Waals surface area contributed by atoms with Crippen LogP contribution in [0.1, 0.15) is 38.8 Å². The van der Waals surface area contributed by atoms with Gasteiger partial charge in [0.25, 0.3) is 5.91 Å². The molecule has 1 aliphatic rings. The molecular weight excluding hydrogens is 344 g/mol. The van der Waals surface area contributed by atoms with Crippen molar-refractivity contribution in [2.24, 2.45) is 0 Å². The van der Waals surface area contributed by atoms with Crippen LogP contribution < -0.4 is 10.2 Å². The lowest BCUT2D eigenvalue weighted by molar-refractivity contribution is -0.116. The third kappa shape index (κ3) is 4.16. The van der Waals surface area contributed by atoms with Crippen molar-refractivity contribution in [3.05, 3.63) is 64.7 Å². The van der Waals surface area contributed by atoms with Gasteiger partial charge < -0.3 is 15.0 Å². The summed E-state index contributed by atoms with van der Waals surface area (Å²) in [5.74, 6) is -0.482. The second kappa shape index (κ2) is 8.03. The number of nitrogens with zero attached hydrogens (tertiary/aromatic N) is 1. The first-order chi connectivity index (χ1) is 13.0. The van der Waals surface area contributed by atoms with E-state index in [1.165, 1.54) is 7.11 Å². The van der Waals surface area contributed by atoms with E-state index in [4.69, 9.17) is 0 Å². The van der Waals surface area contributed by atoms with Gasteiger partial charge in [0, 0.05) is 31.3 Å². The fourth-order valence-electron chi connectivity index (χ4n) is 3.22. The van der Waals surface area contributed by atoms with E-state index in [0.29, 0.717) is 30.6 Å². The molecular formula is C21H22N2O4. The quantitative estimate of drug-likeness (QED) is 0.825. The third-order valence-corrected chi connectivity index (χ3v) is 4.69. The Labute approximate surface area is 158 Å². The zero-order valence-electron chi connectivity index (χ0n) is 15.5. The summed E-state index contributed by atoms with van der Waals surface area (Å²) in [5, 5.41) is 2.91. The summed E-state index contributed by atoms with van der Waals surface area (Å²) in [6, 6.07) is 12.6. The van der Waals surface area contributed by atoms with E-state index < -0.39 is 0 Å². The second-order valence-corrected chi connectivity index (χ2v) is 6.46. The second-order valence-electron chi connectivity index (χ2n) is 6.46. The summed E-state index contributed by atoms with van der Waals surface area (Å²) >= 11 is 0. The largest absolute Gasteiger partial charge is 0.465 e. The van der Waals surface area contributed by atoms with Crippen LogP contribution in [0.2, 0.25) is 0 Å². The molecule has 0 fully saturated rings. The Kier molecular flexibility index (Phi) is 5.54. The Morgan fingerprint density at radius 3 is 2.44 bits per heavy atom. The summed E-state index contributed by atoms with van der Waals surface area (Å²) in [7, 11) is 1.35. The maximum Gasteiger partial charge on any atom is 0.337 e. The highest BCUT2D eigenvalue weighted by Crippen LogP contribution is 2.28. The number of esters is 1. The van der Waals surface area contributed by atoms with Gasteiger partial charge in [-0.25, -0.2) is 4.79 Å². The number of fused-ring (bicyclic) bond motifs is 1. The van der Waals surface area contributed by atoms with Crippen LogP contribution in [0.25, 0.3) is 0 Å². The van der Waals surface area contributed by atoms with Crippen molar-refractivity contribution in [3.8, 4) is 0 Å². The zero-order chi connectivity index (χ0) is 19.4. The van der Waals surface area contributed by atoms with Crippen LogP contribution in [0.15, 0.2) is 42.5 Å². The topological polar surface area (TPSA) is 75.7 Å². The number of anilines is 1. The van der Waals surface area contributed by atoms with Crippen molar-refractivity contribution >= 4 is 23.5 Å². The lowest BCUT2D eigenvalue weighted by atomic mass is 10.1. The first-order valence-electron chi connectivity index (χ1n) is 8.86. The predicted molar refractivity (Wildman–Crippen MR) is 102 cm³/mol. The number of rotatable bonds is 5. The molecule has 6 nitrogen and oxygen atoms in total. The van der Waals surface area contributed by atoms with Crippen molar-refractivity contribution in [1.29, 1.82) is 0 Å². The van der Waals surface area contributed by atoms with Crippen molar-refractivity contribution in [2.75, 3.05) is 25.1 Å². The minimum absolute atomic E-state index is 0.0177. The Morgan fingerprint density at radius 2 is 1.78 bits per heavy atom. The smallest absolute Gasteiger partial charge is 0.337 e. The van der Waals surface area contributed by atoms with Crippen LogP contribution >= 0.6 is 0 Å². The molecule has 3 rings (SSSR count). The summed E-state index contributed by atoms with van der Waals surface area (Å²) in [5.41, 5.74) is 4.04. The molecule has 1 heterocycles. The molecule has 0 radical (unpaired) electrons. The minimum atomic E-state index is -0.366. The molecule has 2 amide bonds. The fourth-order valence-corrected chi connectivity index (χ4v) is 3.22. The molecule has 0 bridgehead atoms. The number of amides is 2. The molecule has 27 heavy (non-hydrogen) atoms. The normalized spacial score (nSPS) is 12.4. The number of ether oxygens (including phenoxy) is 1. The number of carbonyl (C=O) groups is 3. The van der Waals surface area contributed by atoms with Gasteiger partial charge in [-0.1, -0.05) is 12.1 Å². The van der Waals surface area contributed by atoms with E-state index in [0.717, 1.165) is 23.2 Å². The van der Waals surface area contributed by atoms with Crippen molar-refractivity contribution in [1.82, 2.24) is 5.32 Å². The van der Waals surface area contributed by atoms with Gasteiger partial charge in [0.05, 0.1) is 12.7 Å². The number of carbonyl (C=O) groups excluding carboxylic acids is 3. The Bertz CT molecular complexity index is 874. The number of hydrogen-bond acceptors (Lipinski definition) is 4. The molecule has 2 aromatic carbocycles. The summed E-state index contributed by atoms with van der Waals surface area (Å²) in [6.45, 7) is 2.71. The van der Waals surface area contributed by atoms with Gasteiger partial charge in [0.1, 0.15) is 0 Å². The molecule has 0 spiro atoms. The van der Waals surface area contributed by atoms with E-state index in [9.17, 15) is 14.4 Å². The number of nitrogens with one attached hydrogen (secondary N) is 1. The van der Waals surface area contributed by atoms with E-state index >= 15 is 0 Å². The number of methoxy groups -OCH3 is 1. The van der Waals surface area contributed by atoms with Crippen LogP contribution in [-0.4, -0.2) is 38.0 Å². The highest BCUT2D eigenvalue weighted by molar-refractivity contribution is 5.97. The molecule has 1 N–H and O–H groups in total. The van der Waals surface area contributed by atoms with E-state index in [1.807, 2.05) is 24.3 Å². The standard InChI is InChI=1S/C21H22N2O4/c1-14(24)23-12-10-17-13-18(7-8-19(17)23)20(25)22-11-9-15-3-5-16(6-4-15)21(26)27-2/h3-8,13H,9-12H2,1-2H3,(H,22,25). The summed E-state index contributed by atoms with van der Waals surface area (Å²) in [4.78, 5) is 37.1. The minimum Gasteiger partial charge on any atom is -0.465 e. The molecule has 1 aliphatic heterocycles. The van der Waals surface area contributed by atoms with Crippen LogP contribution in [0, 0.1) is 0 Å². The first-order valence-corrected chi connectivity index (χ1v) is 8.86. The Balaban J connectivity index is 1.56. The van der Waals surface area contributed by atoms with Gasteiger partial charge in [-0.15, -0.1) is 0 Å². The van der Waals surface area contributed by atoms with Crippen LogP contribution in [-0.2, 0) is 22.4 Å². The molecule has 0 aliphatic carbocycles. The Morgan fingerprint density at radius 1 is 1.07 bits per heavy atom. The molecule has 0 unspecified atom stereocenters. The van der Waals surface area contributed by atoms with Gasteiger partial charge in [0.15, 0.2) is 0 Å². The van der Waals surface area contributed by atoms with Crippen molar-refractivity contribution in [2.45, 2.75) is 19.8 Å². The maximum absolute atomic E-state index is 12.4. The monoisotopic (exact) mass is 366 g/mol. The lowest BCUT2D eigenvalue weighted by Gasteiger charge is -2.14. The van der Waals surface area contributed by atoms with E-state index in [1.54, 1.807) is 30.0 Å². The summed E-state index contributed by atoms with van der Waals surface area (Å²) < 4.78 is 4.67. The van der Waals surface area contributed by atoms with Crippen molar-refractivity contribution < 1.29 is 19.1 Å². The van der Waals surface area contributed by atoms with E-state index in [-0.39, 0.29) is 17.8 Å². The maximum atomic E-state index is 12.4. The van der Waals surface area contributed by atoms with Crippen molar-refractivity contribution in [3.63, 3.8) is 0 Å². The Hall–Kier alpha value is -3.15. The van der Waals surface area contributed by atoms with E-state index in [2.05, 4.69) is 10.1 Å². The summed E-state index contributed by atoms with van der Waals surface area (Å²) in [6.07, 6.45) is 1.43. The average molecular weight is 366 g/mol. The molecule has 140 valence electrons. The third-order valence-electron chi connectivity index (χ3n) is 4.69. The molecule has 0 aromatic heterocycles.